The molecule has 3 N–H and O–H groups in total. The summed E-state index contributed by atoms with van der Waals surface area (Å²) in [7, 11) is 0. The fourth-order valence-electron chi connectivity index (χ4n) is 1.27. The summed E-state index contributed by atoms with van der Waals surface area (Å²) in [5.41, 5.74) is 8.08. The van der Waals surface area contributed by atoms with Gasteiger partial charge < -0.3 is 11.1 Å². The van der Waals surface area contributed by atoms with E-state index in [9.17, 15) is 4.79 Å². The number of aromatic nitrogens is 1. The summed E-state index contributed by atoms with van der Waals surface area (Å²) < 4.78 is 0. The normalized spacial score (nSPS) is 10.2. The third kappa shape index (κ3) is 2.95. The Kier molecular flexibility index (Phi) is 3.61. The number of nitrogens with two attached hydrogens (primary N) is 1. The first kappa shape index (κ1) is 11.9. The third-order valence-electron chi connectivity index (χ3n) is 2.08. The number of amides is 1. The maximum atomic E-state index is 11.1. The van der Waals surface area contributed by atoms with Gasteiger partial charge in [0.1, 0.15) is 5.88 Å². The minimum Gasteiger partial charge on any atom is -0.399 e. The molecule has 2 aromatic rings. The highest BCUT2D eigenvalue weighted by atomic mass is 35.5. The highest BCUT2D eigenvalue weighted by Crippen LogP contribution is 2.25. The third-order valence-corrected chi connectivity index (χ3v) is 3.08. The van der Waals surface area contributed by atoms with Crippen molar-refractivity contribution >= 4 is 39.7 Å². The molecule has 0 atom stereocenters. The van der Waals surface area contributed by atoms with Gasteiger partial charge >= 0.3 is 0 Å². The largest absolute Gasteiger partial charge is 0.399 e. The number of nitrogens with one attached hydrogen (secondary N) is 1. The van der Waals surface area contributed by atoms with Crippen molar-refractivity contribution in [1.82, 2.24) is 4.98 Å². The fraction of sp³-hybridized carbons (Fsp3) is 0.0909. The van der Waals surface area contributed by atoms with Crippen LogP contribution < -0.4 is 11.1 Å². The number of hydrogen-bond donors (Lipinski definition) is 2. The van der Waals surface area contributed by atoms with Gasteiger partial charge in [-0.1, -0.05) is 12.1 Å². The van der Waals surface area contributed by atoms with Crippen molar-refractivity contribution in [3.8, 4) is 11.3 Å². The average molecular weight is 268 g/mol. The molecule has 0 fully saturated rings. The summed E-state index contributed by atoms with van der Waals surface area (Å²) in [5.74, 6) is -0.332. The Balaban J connectivity index is 2.18. The van der Waals surface area contributed by atoms with Crippen LogP contribution in [0, 0.1) is 0 Å². The van der Waals surface area contributed by atoms with Gasteiger partial charge in [-0.25, -0.2) is 4.98 Å². The second-order valence-corrected chi connectivity index (χ2v) is 4.47. The van der Waals surface area contributed by atoms with Crippen molar-refractivity contribution in [2.24, 2.45) is 0 Å². The lowest BCUT2D eigenvalue weighted by Gasteiger charge is -1.98. The van der Waals surface area contributed by atoms with E-state index in [2.05, 4.69) is 10.3 Å². The minimum absolute atomic E-state index is 0.0726. The molecule has 0 saturated heterocycles. The Labute approximate surface area is 107 Å². The molecule has 6 heteroatoms. The van der Waals surface area contributed by atoms with E-state index in [1.54, 1.807) is 0 Å². The van der Waals surface area contributed by atoms with Crippen molar-refractivity contribution in [2.75, 3.05) is 16.9 Å². The number of alkyl halides is 1. The molecule has 1 aromatic heterocycles. The van der Waals surface area contributed by atoms with E-state index >= 15 is 0 Å². The van der Waals surface area contributed by atoms with E-state index in [-0.39, 0.29) is 11.8 Å². The topological polar surface area (TPSA) is 68.0 Å². The number of benzene rings is 1. The Hall–Kier alpha value is -1.59. The van der Waals surface area contributed by atoms with E-state index in [1.807, 2.05) is 29.6 Å². The monoisotopic (exact) mass is 267 g/mol. The zero-order valence-corrected chi connectivity index (χ0v) is 10.4. The second kappa shape index (κ2) is 5.16. The molecule has 0 radical (unpaired) electrons. The summed E-state index contributed by atoms with van der Waals surface area (Å²) in [4.78, 5) is 15.4. The molecule has 17 heavy (non-hydrogen) atoms. The van der Waals surface area contributed by atoms with Crippen LogP contribution in [0.15, 0.2) is 29.6 Å². The summed E-state index contributed by atoms with van der Waals surface area (Å²) in [6, 6.07) is 7.40. The molecule has 0 aliphatic heterocycles. The van der Waals surface area contributed by atoms with Gasteiger partial charge in [0, 0.05) is 16.6 Å². The number of nitrogen functional groups attached to an aromatic ring is 1. The van der Waals surface area contributed by atoms with Crippen LogP contribution in [-0.4, -0.2) is 16.8 Å². The molecule has 1 amide bonds. The first-order valence-electron chi connectivity index (χ1n) is 4.86. The molecule has 1 heterocycles. The van der Waals surface area contributed by atoms with Crippen molar-refractivity contribution in [3.05, 3.63) is 29.6 Å². The number of hydrogen-bond acceptors (Lipinski definition) is 4. The Morgan fingerprint density at radius 2 is 2.12 bits per heavy atom. The van der Waals surface area contributed by atoms with Gasteiger partial charge in [0.25, 0.3) is 0 Å². The number of anilines is 2. The molecule has 0 aliphatic carbocycles. The Morgan fingerprint density at radius 1 is 1.41 bits per heavy atom. The summed E-state index contributed by atoms with van der Waals surface area (Å²) in [6.07, 6.45) is 0. The van der Waals surface area contributed by atoms with Crippen molar-refractivity contribution in [1.29, 1.82) is 0 Å². The molecular weight excluding hydrogens is 258 g/mol. The molecule has 88 valence electrons. The number of rotatable bonds is 3. The van der Waals surface area contributed by atoms with Crippen molar-refractivity contribution < 1.29 is 4.79 Å². The van der Waals surface area contributed by atoms with Crippen LogP contribution in [0.1, 0.15) is 0 Å². The molecule has 1 aromatic carbocycles. The smallest absolute Gasteiger partial charge is 0.241 e. The van der Waals surface area contributed by atoms with Gasteiger partial charge in [0.2, 0.25) is 5.91 Å². The molecule has 4 nitrogen and oxygen atoms in total. The highest BCUT2D eigenvalue weighted by molar-refractivity contribution is 7.14. The Bertz CT molecular complexity index is 524. The van der Waals surface area contributed by atoms with Gasteiger partial charge in [-0.15, -0.1) is 22.9 Å². The van der Waals surface area contributed by atoms with E-state index in [4.69, 9.17) is 17.3 Å². The number of thiazole rings is 1. The number of carbonyl (C=O) groups excluding carboxylic acids is 1. The van der Waals surface area contributed by atoms with Crippen LogP contribution in [-0.2, 0) is 4.79 Å². The van der Waals surface area contributed by atoms with E-state index in [0.29, 0.717) is 10.8 Å². The molecule has 0 spiro atoms. The number of halogens is 1. The predicted octanol–water partition coefficient (Wildman–Crippen LogP) is 2.57. The molecular formula is C11H10ClN3OS. The first-order chi connectivity index (χ1) is 8.19. The predicted molar refractivity (Wildman–Crippen MR) is 71.3 cm³/mol. The molecule has 2 rings (SSSR count). The van der Waals surface area contributed by atoms with Gasteiger partial charge in [-0.05, 0) is 12.1 Å². The van der Waals surface area contributed by atoms with Crippen LogP contribution >= 0.6 is 22.9 Å². The van der Waals surface area contributed by atoms with Crippen molar-refractivity contribution in [3.63, 3.8) is 0 Å². The van der Waals surface area contributed by atoms with Gasteiger partial charge in [0.05, 0.1) is 5.69 Å². The maximum Gasteiger partial charge on any atom is 0.241 e. The second-order valence-electron chi connectivity index (χ2n) is 3.34. The zero-order chi connectivity index (χ0) is 12.3. The van der Waals surface area contributed by atoms with E-state index in [0.717, 1.165) is 11.3 Å². The standard InChI is InChI=1S/C11H10ClN3OS/c12-5-10(16)15-11-14-9(6-17-11)7-1-3-8(13)4-2-7/h1-4,6H,5,13H2,(H,14,15,16). The number of nitrogens with zero attached hydrogens (tertiary/aromatic N) is 1. The summed E-state index contributed by atoms with van der Waals surface area (Å²) in [6.45, 7) is 0. The SMILES string of the molecule is Nc1ccc(-c2csc(NC(=O)CCl)n2)cc1. The van der Waals surface area contributed by atoms with E-state index in [1.165, 1.54) is 11.3 Å². The van der Waals surface area contributed by atoms with Crippen LogP contribution in [0.5, 0.6) is 0 Å². The highest BCUT2D eigenvalue weighted by Gasteiger charge is 2.06. The van der Waals surface area contributed by atoms with Crippen molar-refractivity contribution in [2.45, 2.75) is 0 Å². The lowest BCUT2D eigenvalue weighted by Crippen LogP contribution is -2.12. The lowest BCUT2D eigenvalue weighted by molar-refractivity contribution is -0.113. The zero-order valence-electron chi connectivity index (χ0n) is 8.81. The van der Waals surface area contributed by atoms with Crippen LogP contribution in [0.25, 0.3) is 11.3 Å². The lowest BCUT2D eigenvalue weighted by atomic mass is 10.1. The Morgan fingerprint density at radius 3 is 2.76 bits per heavy atom. The van der Waals surface area contributed by atoms with E-state index < -0.39 is 0 Å². The molecule has 0 unspecified atom stereocenters. The van der Waals surface area contributed by atoms with Gasteiger partial charge in [-0.2, -0.15) is 0 Å². The van der Waals surface area contributed by atoms with Crippen LogP contribution in [0.4, 0.5) is 10.8 Å². The molecule has 0 saturated carbocycles. The fourth-order valence-corrected chi connectivity index (χ4v) is 2.07. The average Bonchev–Trinajstić information content (AvgIpc) is 2.78. The summed E-state index contributed by atoms with van der Waals surface area (Å²) in [5, 5.41) is 5.02. The summed E-state index contributed by atoms with van der Waals surface area (Å²) >= 11 is 6.75. The molecule has 0 aliphatic rings. The minimum atomic E-state index is -0.259. The maximum absolute atomic E-state index is 11.1. The van der Waals surface area contributed by atoms with Gasteiger partial charge in [0.15, 0.2) is 5.13 Å². The number of carbonyl (C=O) groups is 1. The first-order valence-corrected chi connectivity index (χ1v) is 6.27. The van der Waals surface area contributed by atoms with Gasteiger partial charge in [-0.3, -0.25) is 4.79 Å². The van der Waals surface area contributed by atoms with Crippen LogP contribution in [0.2, 0.25) is 0 Å². The van der Waals surface area contributed by atoms with Crippen LogP contribution in [0.3, 0.4) is 0 Å². The quantitative estimate of drug-likeness (QED) is 0.663. The molecule has 0 bridgehead atoms.